The lowest BCUT2D eigenvalue weighted by molar-refractivity contribution is -0.144. The van der Waals surface area contributed by atoms with E-state index in [1.165, 1.54) is 12.0 Å². The Labute approximate surface area is 81.1 Å². The number of amides is 1. The van der Waals surface area contributed by atoms with Gasteiger partial charge in [-0.25, -0.2) is 4.79 Å². The Bertz CT molecular complexity index is 254. The summed E-state index contributed by atoms with van der Waals surface area (Å²) in [5, 5.41) is 18.2. The van der Waals surface area contributed by atoms with Crippen LogP contribution in [0.5, 0.6) is 0 Å². The molecule has 1 amide bonds. The van der Waals surface area contributed by atoms with Crippen molar-refractivity contribution in [3.05, 3.63) is 0 Å². The van der Waals surface area contributed by atoms with E-state index < -0.39 is 30.1 Å². The SMILES string of the molecule is COC(=O)N1CC(C(=O)O)C(O)[C@H]1C. The fraction of sp³-hybridized carbons (Fsp3) is 0.750. The van der Waals surface area contributed by atoms with Crippen LogP contribution in [-0.4, -0.2) is 53.0 Å². The first-order valence-corrected chi connectivity index (χ1v) is 4.24. The molecule has 1 fully saturated rings. The van der Waals surface area contributed by atoms with Gasteiger partial charge in [0.2, 0.25) is 0 Å². The number of aliphatic carboxylic acids is 1. The van der Waals surface area contributed by atoms with Gasteiger partial charge in [-0.15, -0.1) is 0 Å². The quantitative estimate of drug-likeness (QED) is 0.601. The van der Waals surface area contributed by atoms with Gasteiger partial charge in [0.05, 0.1) is 19.3 Å². The molecule has 0 radical (unpaired) electrons. The Morgan fingerprint density at radius 2 is 2.07 bits per heavy atom. The van der Waals surface area contributed by atoms with E-state index >= 15 is 0 Å². The molecule has 0 aliphatic carbocycles. The number of ether oxygens (including phenoxy) is 1. The van der Waals surface area contributed by atoms with Crippen LogP contribution in [0.1, 0.15) is 6.92 Å². The molecule has 1 rings (SSSR count). The van der Waals surface area contributed by atoms with E-state index in [-0.39, 0.29) is 6.54 Å². The molecular formula is C8H13NO5. The zero-order valence-corrected chi connectivity index (χ0v) is 8.01. The maximum Gasteiger partial charge on any atom is 0.409 e. The van der Waals surface area contributed by atoms with Crippen molar-refractivity contribution >= 4 is 12.1 Å². The summed E-state index contributed by atoms with van der Waals surface area (Å²) in [5.41, 5.74) is 0. The van der Waals surface area contributed by atoms with Crippen molar-refractivity contribution in [2.24, 2.45) is 5.92 Å². The van der Waals surface area contributed by atoms with Crippen molar-refractivity contribution in [1.82, 2.24) is 4.90 Å². The van der Waals surface area contributed by atoms with Crippen molar-refractivity contribution in [3.63, 3.8) is 0 Å². The Morgan fingerprint density at radius 3 is 2.43 bits per heavy atom. The van der Waals surface area contributed by atoms with Crippen LogP contribution in [0.3, 0.4) is 0 Å². The highest BCUT2D eigenvalue weighted by Crippen LogP contribution is 2.24. The average molecular weight is 203 g/mol. The summed E-state index contributed by atoms with van der Waals surface area (Å²) in [5.74, 6) is -2.03. The van der Waals surface area contributed by atoms with Gasteiger partial charge in [0.15, 0.2) is 0 Å². The number of carbonyl (C=O) groups excluding carboxylic acids is 1. The van der Waals surface area contributed by atoms with Gasteiger partial charge in [-0.05, 0) is 6.92 Å². The van der Waals surface area contributed by atoms with Gasteiger partial charge in [-0.1, -0.05) is 0 Å². The van der Waals surface area contributed by atoms with Crippen molar-refractivity contribution in [2.75, 3.05) is 13.7 Å². The summed E-state index contributed by atoms with van der Waals surface area (Å²) in [6.07, 6.45) is -1.65. The summed E-state index contributed by atoms with van der Waals surface area (Å²) in [4.78, 5) is 23.0. The van der Waals surface area contributed by atoms with Crippen LogP contribution in [0.2, 0.25) is 0 Å². The van der Waals surface area contributed by atoms with Gasteiger partial charge in [0, 0.05) is 6.54 Å². The molecule has 80 valence electrons. The summed E-state index contributed by atoms with van der Waals surface area (Å²) in [6.45, 7) is 1.58. The maximum absolute atomic E-state index is 11.1. The first-order valence-electron chi connectivity index (χ1n) is 4.24. The largest absolute Gasteiger partial charge is 0.481 e. The van der Waals surface area contributed by atoms with Crippen molar-refractivity contribution < 1.29 is 24.5 Å². The number of nitrogens with zero attached hydrogens (tertiary/aromatic N) is 1. The highest BCUT2D eigenvalue weighted by molar-refractivity contribution is 5.75. The molecule has 0 spiro atoms. The summed E-state index contributed by atoms with van der Waals surface area (Å²) in [6, 6.07) is -0.524. The fourth-order valence-corrected chi connectivity index (χ4v) is 1.59. The lowest BCUT2D eigenvalue weighted by Crippen LogP contribution is -2.37. The van der Waals surface area contributed by atoms with E-state index in [1.54, 1.807) is 6.92 Å². The van der Waals surface area contributed by atoms with Crippen LogP contribution in [0.4, 0.5) is 4.79 Å². The summed E-state index contributed by atoms with van der Waals surface area (Å²) < 4.78 is 4.46. The minimum atomic E-state index is -1.10. The number of likely N-dealkylation sites (tertiary alicyclic amines) is 1. The van der Waals surface area contributed by atoms with Crippen LogP contribution in [0.15, 0.2) is 0 Å². The number of carboxylic acid groups (broad SMARTS) is 1. The standard InChI is InChI=1S/C8H13NO5/c1-4-6(10)5(7(11)12)3-9(4)8(13)14-2/h4-6,10H,3H2,1-2H3,(H,11,12)/t4-,5?,6?/m1/s1. The third-order valence-electron chi connectivity index (χ3n) is 2.52. The molecule has 0 aromatic rings. The molecule has 1 aliphatic heterocycles. The molecule has 1 saturated heterocycles. The zero-order valence-electron chi connectivity index (χ0n) is 8.01. The molecule has 1 heterocycles. The van der Waals surface area contributed by atoms with Crippen molar-refractivity contribution in [1.29, 1.82) is 0 Å². The first-order chi connectivity index (χ1) is 6.49. The molecule has 0 aromatic heterocycles. The van der Waals surface area contributed by atoms with Crippen LogP contribution in [0, 0.1) is 5.92 Å². The Kier molecular flexibility index (Phi) is 2.95. The monoisotopic (exact) mass is 203 g/mol. The fourth-order valence-electron chi connectivity index (χ4n) is 1.59. The number of hydrogen-bond acceptors (Lipinski definition) is 4. The van der Waals surface area contributed by atoms with Crippen LogP contribution >= 0.6 is 0 Å². The number of methoxy groups -OCH3 is 1. The lowest BCUT2D eigenvalue weighted by Gasteiger charge is -2.20. The summed E-state index contributed by atoms with van der Waals surface area (Å²) >= 11 is 0. The van der Waals surface area contributed by atoms with E-state index in [0.717, 1.165) is 0 Å². The number of aliphatic hydroxyl groups is 1. The van der Waals surface area contributed by atoms with Gasteiger partial charge in [0.1, 0.15) is 5.92 Å². The predicted octanol–water partition coefficient (Wildman–Crippen LogP) is -0.481. The molecule has 1 aliphatic rings. The molecule has 14 heavy (non-hydrogen) atoms. The molecule has 0 aromatic carbocycles. The molecule has 6 heteroatoms. The number of carbonyl (C=O) groups is 2. The zero-order chi connectivity index (χ0) is 10.9. The van der Waals surface area contributed by atoms with Gasteiger partial charge < -0.3 is 19.8 Å². The lowest BCUT2D eigenvalue weighted by atomic mass is 10.0. The van der Waals surface area contributed by atoms with E-state index in [9.17, 15) is 14.7 Å². The number of aliphatic hydroxyl groups excluding tert-OH is 1. The molecule has 0 saturated carbocycles. The predicted molar refractivity (Wildman–Crippen MR) is 45.7 cm³/mol. The van der Waals surface area contributed by atoms with Crippen LogP contribution in [-0.2, 0) is 9.53 Å². The Balaban J connectivity index is 2.76. The molecular weight excluding hydrogens is 190 g/mol. The molecule has 3 atom stereocenters. The third-order valence-corrected chi connectivity index (χ3v) is 2.52. The Hall–Kier alpha value is -1.30. The van der Waals surface area contributed by atoms with Crippen LogP contribution < -0.4 is 0 Å². The van der Waals surface area contributed by atoms with E-state index in [0.29, 0.717) is 0 Å². The van der Waals surface area contributed by atoms with Gasteiger partial charge >= 0.3 is 12.1 Å². The smallest absolute Gasteiger partial charge is 0.409 e. The average Bonchev–Trinajstić information content (AvgIpc) is 2.43. The first kappa shape index (κ1) is 10.8. The molecule has 2 unspecified atom stereocenters. The molecule has 6 nitrogen and oxygen atoms in total. The number of carboxylic acids is 1. The minimum Gasteiger partial charge on any atom is -0.481 e. The molecule has 2 N–H and O–H groups in total. The highest BCUT2D eigenvalue weighted by atomic mass is 16.5. The number of rotatable bonds is 1. The second-order valence-electron chi connectivity index (χ2n) is 3.30. The van der Waals surface area contributed by atoms with E-state index in [2.05, 4.69) is 4.74 Å². The van der Waals surface area contributed by atoms with Gasteiger partial charge in [-0.3, -0.25) is 4.79 Å². The minimum absolute atomic E-state index is 0.00958. The normalized spacial score (nSPS) is 31.6. The Morgan fingerprint density at radius 1 is 1.50 bits per heavy atom. The van der Waals surface area contributed by atoms with E-state index in [4.69, 9.17) is 5.11 Å². The van der Waals surface area contributed by atoms with Gasteiger partial charge in [0.25, 0.3) is 0 Å². The molecule has 0 bridgehead atoms. The van der Waals surface area contributed by atoms with Crippen molar-refractivity contribution in [2.45, 2.75) is 19.1 Å². The topological polar surface area (TPSA) is 87.1 Å². The summed E-state index contributed by atoms with van der Waals surface area (Å²) in [7, 11) is 1.22. The second kappa shape index (κ2) is 3.83. The second-order valence-corrected chi connectivity index (χ2v) is 3.30. The van der Waals surface area contributed by atoms with Crippen LogP contribution in [0.25, 0.3) is 0 Å². The third kappa shape index (κ3) is 1.65. The van der Waals surface area contributed by atoms with E-state index in [1.807, 2.05) is 0 Å². The maximum atomic E-state index is 11.1. The highest BCUT2D eigenvalue weighted by Gasteiger charge is 2.44. The number of hydrogen-bond donors (Lipinski definition) is 2. The van der Waals surface area contributed by atoms with Gasteiger partial charge in [-0.2, -0.15) is 0 Å². The van der Waals surface area contributed by atoms with Crippen molar-refractivity contribution in [3.8, 4) is 0 Å².